The highest BCUT2D eigenvalue weighted by Gasteiger charge is 2.36. The number of aliphatic hydroxyl groups is 1. The summed E-state index contributed by atoms with van der Waals surface area (Å²) in [6, 6.07) is 0. The van der Waals surface area contributed by atoms with Crippen molar-refractivity contribution in [2.75, 3.05) is 32.0 Å². The molecule has 0 amide bonds. The van der Waals surface area contributed by atoms with Crippen molar-refractivity contribution in [3.63, 3.8) is 0 Å². The normalized spacial score (nSPS) is 19.7. The molecular formula is C11H23NOS. The van der Waals surface area contributed by atoms with Crippen LogP contribution in [-0.4, -0.2) is 42.0 Å². The van der Waals surface area contributed by atoms with Crippen LogP contribution < -0.4 is 0 Å². The van der Waals surface area contributed by atoms with Crippen molar-refractivity contribution in [3.05, 3.63) is 0 Å². The Morgan fingerprint density at radius 3 is 2.50 bits per heavy atom. The summed E-state index contributed by atoms with van der Waals surface area (Å²) in [4.78, 5) is 2.45. The maximum atomic E-state index is 8.80. The lowest BCUT2D eigenvalue weighted by Crippen LogP contribution is -2.44. The van der Waals surface area contributed by atoms with E-state index in [1.54, 1.807) is 0 Å². The van der Waals surface area contributed by atoms with Crippen LogP contribution in [-0.2, 0) is 0 Å². The predicted molar refractivity (Wildman–Crippen MR) is 64.0 cm³/mol. The van der Waals surface area contributed by atoms with Gasteiger partial charge >= 0.3 is 0 Å². The van der Waals surface area contributed by atoms with Crippen molar-refractivity contribution in [1.82, 2.24) is 4.90 Å². The second-order valence-corrected chi connectivity index (χ2v) is 4.77. The molecule has 14 heavy (non-hydrogen) atoms. The fourth-order valence-electron chi connectivity index (χ4n) is 2.16. The minimum atomic E-state index is 0.310. The topological polar surface area (TPSA) is 23.5 Å². The standard InChI is InChI=1S/C11H23NOS/c1-2-12(7-4-8-13)9-11(10-14)5-3-6-11/h13-14H,2-10H2,1H3. The molecule has 2 nitrogen and oxygen atoms in total. The molecule has 1 aliphatic carbocycles. The van der Waals surface area contributed by atoms with Gasteiger partial charge < -0.3 is 10.0 Å². The van der Waals surface area contributed by atoms with Gasteiger partial charge in [-0.1, -0.05) is 13.3 Å². The van der Waals surface area contributed by atoms with Crippen LogP contribution in [0, 0.1) is 5.41 Å². The second-order valence-electron chi connectivity index (χ2n) is 4.46. The van der Waals surface area contributed by atoms with Gasteiger partial charge in [-0.15, -0.1) is 0 Å². The van der Waals surface area contributed by atoms with Gasteiger partial charge in [0.05, 0.1) is 0 Å². The molecule has 0 aromatic rings. The average molecular weight is 217 g/mol. The van der Waals surface area contributed by atoms with Gasteiger partial charge in [0.25, 0.3) is 0 Å². The third-order valence-electron chi connectivity index (χ3n) is 3.39. The molecule has 1 fully saturated rings. The lowest BCUT2D eigenvalue weighted by Gasteiger charge is -2.44. The summed E-state index contributed by atoms with van der Waals surface area (Å²) in [7, 11) is 0. The zero-order chi connectivity index (χ0) is 10.4. The molecule has 0 heterocycles. The van der Waals surface area contributed by atoms with Crippen molar-refractivity contribution >= 4 is 12.6 Å². The number of rotatable bonds is 7. The molecule has 1 saturated carbocycles. The Bertz CT molecular complexity index is 154. The summed E-state index contributed by atoms with van der Waals surface area (Å²) in [6.45, 7) is 5.80. The lowest BCUT2D eigenvalue weighted by atomic mass is 9.70. The largest absolute Gasteiger partial charge is 0.396 e. The second kappa shape index (κ2) is 5.99. The van der Waals surface area contributed by atoms with Crippen molar-refractivity contribution in [3.8, 4) is 0 Å². The highest BCUT2D eigenvalue weighted by Crippen LogP contribution is 2.42. The Kier molecular flexibility index (Phi) is 5.28. The fourth-order valence-corrected chi connectivity index (χ4v) is 2.58. The highest BCUT2D eigenvalue weighted by atomic mass is 32.1. The molecule has 1 rings (SSSR count). The molecule has 0 atom stereocenters. The summed E-state index contributed by atoms with van der Waals surface area (Å²) in [5.41, 5.74) is 0.495. The summed E-state index contributed by atoms with van der Waals surface area (Å²) < 4.78 is 0. The Morgan fingerprint density at radius 1 is 1.43 bits per heavy atom. The van der Waals surface area contributed by atoms with Crippen molar-refractivity contribution in [2.45, 2.75) is 32.6 Å². The van der Waals surface area contributed by atoms with Gasteiger partial charge in [-0.3, -0.25) is 0 Å². The van der Waals surface area contributed by atoms with E-state index in [0.717, 1.165) is 25.3 Å². The molecule has 0 radical (unpaired) electrons. The Hall–Kier alpha value is 0.270. The van der Waals surface area contributed by atoms with E-state index < -0.39 is 0 Å². The first kappa shape index (κ1) is 12.3. The van der Waals surface area contributed by atoms with Crippen LogP contribution in [0.15, 0.2) is 0 Å². The lowest BCUT2D eigenvalue weighted by molar-refractivity contribution is 0.0890. The fraction of sp³-hybridized carbons (Fsp3) is 1.00. The van der Waals surface area contributed by atoms with Gasteiger partial charge in [0, 0.05) is 19.7 Å². The zero-order valence-corrected chi connectivity index (χ0v) is 10.1. The van der Waals surface area contributed by atoms with E-state index in [1.807, 2.05) is 0 Å². The van der Waals surface area contributed by atoms with Gasteiger partial charge in [0.15, 0.2) is 0 Å². The van der Waals surface area contributed by atoms with E-state index in [-0.39, 0.29) is 0 Å². The first-order valence-corrected chi connectivity index (χ1v) is 6.33. The maximum absolute atomic E-state index is 8.80. The van der Waals surface area contributed by atoms with Crippen molar-refractivity contribution < 1.29 is 5.11 Å². The first-order chi connectivity index (χ1) is 6.76. The molecular weight excluding hydrogens is 194 g/mol. The molecule has 0 aliphatic heterocycles. The molecule has 0 saturated heterocycles. The van der Waals surface area contributed by atoms with E-state index in [1.165, 1.54) is 25.8 Å². The smallest absolute Gasteiger partial charge is 0.0443 e. The SMILES string of the molecule is CCN(CCCO)CC1(CS)CCC1. The maximum Gasteiger partial charge on any atom is 0.0443 e. The molecule has 0 aromatic carbocycles. The summed E-state index contributed by atoms with van der Waals surface area (Å²) in [5.74, 6) is 1.02. The Morgan fingerprint density at radius 2 is 2.14 bits per heavy atom. The molecule has 0 aromatic heterocycles. The van der Waals surface area contributed by atoms with Gasteiger partial charge in [-0.05, 0) is 37.0 Å². The van der Waals surface area contributed by atoms with Gasteiger partial charge in [0.1, 0.15) is 0 Å². The van der Waals surface area contributed by atoms with E-state index >= 15 is 0 Å². The minimum Gasteiger partial charge on any atom is -0.396 e. The number of hydrogen-bond donors (Lipinski definition) is 2. The molecule has 0 spiro atoms. The highest BCUT2D eigenvalue weighted by molar-refractivity contribution is 7.80. The molecule has 84 valence electrons. The molecule has 3 heteroatoms. The molecule has 0 bridgehead atoms. The Balaban J connectivity index is 2.30. The Labute approximate surface area is 93.1 Å². The number of hydrogen-bond acceptors (Lipinski definition) is 3. The molecule has 1 N–H and O–H groups in total. The number of nitrogens with zero attached hydrogens (tertiary/aromatic N) is 1. The summed E-state index contributed by atoms with van der Waals surface area (Å²) in [6.07, 6.45) is 4.95. The number of aliphatic hydroxyl groups excluding tert-OH is 1. The van der Waals surface area contributed by atoms with Crippen LogP contribution in [0.4, 0.5) is 0 Å². The third-order valence-corrected chi connectivity index (χ3v) is 4.06. The van der Waals surface area contributed by atoms with E-state index in [4.69, 9.17) is 5.11 Å². The monoisotopic (exact) mass is 217 g/mol. The van der Waals surface area contributed by atoms with Crippen LogP contribution in [0.5, 0.6) is 0 Å². The van der Waals surface area contributed by atoms with Gasteiger partial charge in [-0.2, -0.15) is 12.6 Å². The first-order valence-electron chi connectivity index (χ1n) is 5.70. The molecule has 1 aliphatic rings. The van der Waals surface area contributed by atoms with Crippen LogP contribution in [0.1, 0.15) is 32.6 Å². The van der Waals surface area contributed by atoms with E-state index in [2.05, 4.69) is 24.5 Å². The van der Waals surface area contributed by atoms with Gasteiger partial charge in [-0.25, -0.2) is 0 Å². The molecule has 0 unspecified atom stereocenters. The zero-order valence-electron chi connectivity index (χ0n) is 9.21. The van der Waals surface area contributed by atoms with E-state index in [9.17, 15) is 0 Å². The van der Waals surface area contributed by atoms with Crippen LogP contribution in [0.25, 0.3) is 0 Å². The predicted octanol–water partition coefficient (Wildman–Crippen LogP) is 1.79. The van der Waals surface area contributed by atoms with Gasteiger partial charge in [0.2, 0.25) is 0 Å². The quantitative estimate of drug-likeness (QED) is 0.635. The minimum absolute atomic E-state index is 0.310. The van der Waals surface area contributed by atoms with Crippen LogP contribution in [0.2, 0.25) is 0 Å². The third kappa shape index (κ3) is 3.14. The van der Waals surface area contributed by atoms with Crippen molar-refractivity contribution in [1.29, 1.82) is 0 Å². The summed E-state index contributed by atoms with van der Waals surface area (Å²) in [5, 5.41) is 8.80. The average Bonchev–Trinajstić information content (AvgIpc) is 2.16. The van der Waals surface area contributed by atoms with Crippen molar-refractivity contribution in [2.24, 2.45) is 5.41 Å². The van der Waals surface area contributed by atoms with E-state index in [0.29, 0.717) is 12.0 Å². The van der Waals surface area contributed by atoms with Crippen LogP contribution in [0.3, 0.4) is 0 Å². The van der Waals surface area contributed by atoms with Crippen LogP contribution >= 0.6 is 12.6 Å². The number of thiol groups is 1. The summed E-state index contributed by atoms with van der Waals surface area (Å²) >= 11 is 4.46.